The number of carbonyl (C=O) groups is 2. The molecule has 0 radical (unpaired) electrons. The lowest BCUT2D eigenvalue weighted by Crippen LogP contribution is -2.52. The monoisotopic (exact) mass is 232 g/mol. The fourth-order valence-corrected chi connectivity index (χ4v) is 2.39. The molecule has 1 heterocycles. The minimum absolute atomic E-state index is 0.306. The smallest absolute Gasteiger partial charge is 0.327 e. The molecule has 2 amide bonds. The lowest BCUT2D eigenvalue weighted by molar-refractivity contribution is -0.140. The van der Waals surface area contributed by atoms with E-state index < -0.39 is 12.0 Å². The molecule has 5 nitrogen and oxygen atoms in total. The van der Waals surface area contributed by atoms with Gasteiger partial charge in [-0.3, -0.25) is 0 Å². The number of urea groups is 1. The fourth-order valence-electron chi connectivity index (χ4n) is 1.24. The molecule has 15 heavy (non-hydrogen) atoms. The van der Waals surface area contributed by atoms with Crippen molar-refractivity contribution in [3.8, 4) is 0 Å². The van der Waals surface area contributed by atoms with Crippen LogP contribution in [0.2, 0.25) is 0 Å². The van der Waals surface area contributed by atoms with Gasteiger partial charge < -0.3 is 15.3 Å². The van der Waals surface area contributed by atoms with Gasteiger partial charge in [0.2, 0.25) is 0 Å². The van der Waals surface area contributed by atoms with Crippen molar-refractivity contribution < 1.29 is 14.7 Å². The first-order chi connectivity index (χ1) is 6.81. The van der Waals surface area contributed by atoms with Crippen LogP contribution >= 0.6 is 11.8 Å². The summed E-state index contributed by atoms with van der Waals surface area (Å²) in [5.41, 5.74) is -0.340. The van der Waals surface area contributed by atoms with Crippen LogP contribution in [0.3, 0.4) is 0 Å². The Morgan fingerprint density at radius 2 is 2.07 bits per heavy atom. The molecular formula is C9H16N2O3S. The van der Waals surface area contributed by atoms with Gasteiger partial charge in [0.1, 0.15) is 6.04 Å². The number of hydrogen-bond donors (Lipinski definition) is 2. The third kappa shape index (κ3) is 3.30. The molecule has 1 atom stereocenters. The Morgan fingerprint density at radius 1 is 1.47 bits per heavy atom. The molecule has 1 unspecified atom stereocenters. The number of amides is 2. The minimum atomic E-state index is -0.941. The van der Waals surface area contributed by atoms with Crippen LogP contribution in [0.5, 0.6) is 0 Å². The Kier molecular flexibility index (Phi) is 3.49. The molecule has 1 saturated heterocycles. The summed E-state index contributed by atoms with van der Waals surface area (Å²) in [7, 11) is 0. The molecule has 0 spiro atoms. The second-order valence-corrected chi connectivity index (χ2v) is 5.50. The van der Waals surface area contributed by atoms with E-state index in [2.05, 4.69) is 5.32 Å². The Morgan fingerprint density at radius 3 is 2.53 bits per heavy atom. The van der Waals surface area contributed by atoms with Gasteiger partial charge in [-0.2, -0.15) is 0 Å². The van der Waals surface area contributed by atoms with Crippen LogP contribution in [-0.4, -0.2) is 45.2 Å². The zero-order valence-corrected chi connectivity index (χ0v) is 9.93. The van der Waals surface area contributed by atoms with Crippen molar-refractivity contribution in [3.63, 3.8) is 0 Å². The first-order valence-corrected chi connectivity index (χ1v) is 5.86. The van der Waals surface area contributed by atoms with Crippen molar-refractivity contribution in [3.05, 3.63) is 0 Å². The SMILES string of the molecule is CC(C)(C)NC(=O)N1CSCC1C(=O)O. The van der Waals surface area contributed by atoms with E-state index in [1.165, 1.54) is 16.7 Å². The molecule has 0 aliphatic carbocycles. The molecule has 6 heteroatoms. The van der Waals surface area contributed by atoms with Crippen molar-refractivity contribution in [2.75, 3.05) is 11.6 Å². The zero-order valence-electron chi connectivity index (χ0n) is 9.11. The second kappa shape index (κ2) is 4.30. The Hall–Kier alpha value is -0.910. The van der Waals surface area contributed by atoms with Gasteiger partial charge in [0, 0.05) is 11.3 Å². The van der Waals surface area contributed by atoms with Crippen molar-refractivity contribution in [2.24, 2.45) is 0 Å². The van der Waals surface area contributed by atoms with Gasteiger partial charge >= 0.3 is 12.0 Å². The van der Waals surface area contributed by atoms with Gasteiger partial charge in [-0.15, -0.1) is 11.8 Å². The van der Waals surface area contributed by atoms with Crippen molar-refractivity contribution in [1.82, 2.24) is 10.2 Å². The number of carboxylic acid groups (broad SMARTS) is 1. The van der Waals surface area contributed by atoms with Crippen molar-refractivity contribution in [2.45, 2.75) is 32.4 Å². The molecule has 0 aromatic carbocycles. The second-order valence-electron chi connectivity index (χ2n) is 4.50. The van der Waals surface area contributed by atoms with Gasteiger partial charge in [0.15, 0.2) is 0 Å². The van der Waals surface area contributed by atoms with Gasteiger partial charge in [-0.1, -0.05) is 0 Å². The summed E-state index contributed by atoms with van der Waals surface area (Å²) < 4.78 is 0. The first kappa shape index (κ1) is 12.2. The average Bonchev–Trinajstić information content (AvgIpc) is 2.47. The predicted octanol–water partition coefficient (Wildman–Crippen LogP) is 0.954. The van der Waals surface area contributed by atoms with Gasteiger partial charge in [0.25, 0.3) is 0 Å². The van der Waals surface area contributed by atoms with E-state index in [1.54, 1.807) is 0 Å². The van der Waals surface area contributed by atoms with Gasteiger partial charge in [0.05, 0.1) is 5.88 Å². The van der Waals surface area contributed by atoms with Gasteiger partial charge in [-0.05, 0) is 20.8 Å². The first-order valence-electron chi connectivity index (χ1n) is 4.70. The van der Waals surface area contributed by atoms with Crippen LogP contribution < -0.4 is 5.32 Å². The number of hydrogen-bond acceptors (Lipinski definition) is 3. The maximum atomic E-state index is 11.7. The van der Waals surface area contributed by atoms with E-state index >= 15 is 0 Å². The van der Waals surface area contributed by atoms with E-state index in [-0.39, 0.29) is 11.6 Å². The van der Waals surface area contributed by atoms with Crippen LogP contribution in [0.15, 0.2) is 0 Å². The molecule has 0 aromatic rings. The van der Waals surface area contributed by atoms with Gasteiger partial charge in [-0.25, -0.2) is 9.59 Å². The van der Waals surface area contributed by atoms with Crippen LogP contribution in [0, 0.1) is 0 Å². The fraction of sp³-hybridized carbons (Fsp3) is 0.778. The normalized spacial score (nSPS) is 21.5. The number of thioether (sulfide) groups is 1. The maximum absolute atomic E-state index is 11.7. The standard InChI is InChI=1S/C9H16N2O3S/c1-9(2,3)10-8(14)11-5-15-4-6(11)7(12)13/h6H,4-5H2,1-3H3,(H,10,14)(H,12,13). The topological polar surface area (TPSA) is 69.6 Å². The summed E-state index contributed by atoms with van der Waals surface area (Å²) in [6.45, 7) is 5.59. The highest BCUT2D eigenvalue weighted by Gasteiger charge is 2.35. The number of rotatable bonds is 1. The largest absolute Gasteiger partial charge is 0.480 e. The van der Waals surface area contributed by atoms with Crippen molar-refractivity contribution in [1.29, 1.82) is 0 Å². The molecule has 0 bridgehead atoms. The van der Waals surface area contributed by atoms with E-state index in [0.29, 0.717) is 11.6 Å². The van der Waals surface area contributed by atoms with Crippen LogP contribution in [0.1, 0.15) is 20.8 Å². The zero-order chi connectivity index (χ0) is 11.6. The molecule has 1 aliphatic rings. The third-order valence-corrected chi connectivity index (χ3v) is 2.92. The van der Waals surface area contributed by atoms with Crippen LogP contribution in [0.4, 0.5) is 4.79 Å². The molecule has 86 valence electrons. The Balaban J connectivity index is 2.63. The highest BCUT2D eigenvalue weighted by atomic mass is 32.2. The van der Waals surface area contributed by atoms with Crippen molar-refractivity contribution >= 4 is 23.8 Å². The quantitative estimate of drug-likeness (QED) is 0.706. The minimum Gasteiger partial charge on any atom is -0.480 e. The Labute approximate surface area is 93.2 Å². The van der Waals surface area contributed by atoms with E-state index in [4.69, 9.17) is 5.11 Å². The number of nitrogens with one attached hydrogen (secondary N) is 1. The Bertz CT molecular complexity index is 275. The summed E-state index contributed by atoms with van der Waals surface area (Å²) in [4.78, 5) is 23.9. The molecular weight excluding hydrogens is 216 g/mol. The summed E-state index contributed by atoms with van der Waals surface area (Å²) in [5, 5.41) is 11.7. The summed E-state index contributed by atoms with van der Waals surface area (Å²) in [6, 6.07) is -1.00. The van der Waals surface area contributed by atoms with E-state index in [9.17, 15) is 9.59 Å². The lowest BCUT2D eigenvalue weighted by Gasteiger charge is -2.27. The van der Waals surface area contributed by atoms with E-state index in [0.717, 1.165) is 0 Å². The third-order valence-electron chi connectivity index (χ3n) is 1.91. The number of carboxylic acids is 1. The average molecular weight is 232 g/mol. The number of aliphatic carboxylic acids is 1. The molecule has 1 rings (SSSR count). The maximum Gasteiger partial charge on any atom is 0.327 e. The predicted molar refractivity (Wildman–Crippen MR) is 58.9 cm³/mol. The number of carbonyl (C=O) groups excluding carboxylic acids is 1. The van der Waals surface area contributed by atoms with Crippen LogP contribution in [-0.2, 0) is 4.79 Å². The van der Waals surface area contributed by atoms with Crippen LogP contribution in [0.25, 0.3) is 0 Å². The molecule has 0 aromatic heterocycles. The molecule has 1 aliphatic heterocycles. The van der Waals surface area contributed by atoms with E-state index in [1.807, 2.05) is 20.8 Å². The summed E-state index contributed by atoms with van der Waals surface area (Å²) in [5.74, 6) is -0.0322. The highest BCUT2D eigenvalue weighted by molar-refractivity contribution is 7.99. The molecule has 0 saturated carbocycles. The summed E-state index contributed by atoms with van der Waals surface area (Å²) >= 11 is 1.46. The lowest BCUT2D eigenvalue weighted by atomic mass is 10.1. The summed E-state index contributed by atoms with van der Waals surface area (Å²) in [6.07, 6.45) is 0. The molecule has 1 fully saturated rings. The molecule has 2 N–H and O–H groups in total. The highest BCUT2D eigenvalue weighted by Crippen LogP contribution is 2.21. The number of nitrogens with zero attached hydrogens (tertiary/aromatic N) is 1.